The van der Waals surface area contributed by atoms with E-state index >= 15 is 0 Å². The molecule has 3 aromatic carbocycles. The molecule has 0 radical (unpaired) electrons. The van der Waals surface area contributed by atoms with Gasteiger partial charge in [-0.25, -0.2) is 0 Å². The topological polar surface area (TPSA) is 116 Å². The fraction of sp³-hybridized carbons (Fsp3) is 0.185. The Balaban J connectivity index is 1.26. The maximum Gasteiger partial charge on any atom is 0.262 e. The molecule has 4 aromatic rings. The molecule has 36 heavy (non-hydrogen) atoms. The molecule has 0 unspecified atom stereocenters. The van der Waals surface area contributed by atoms with Gasteiger partial charge in [0.25, 0.3) is 5.91 Å². The minimum atomic E-state index is -0.342. The van der Waals surface area contributed by atoms with E-state index in [2.05, 4.69) is 20.8 Å². The molecule has 0 saturated heterocycles. The fourth-order valence-corrected chi connectivity index (χ4v) is 3.36. The van der Waals surface area contributed by atoms with Gasteiger partial charge in [0.2, 0.25) is 17.7 Å². The molecular weight excluding hydrogens is 460 g/mol. The first-order valence-corrected chi connectivity index (χ1v) is 11.3. The highest BCUT2D eigenvalue weighted by molar-refractivity contribution is 5.94. The highest BCUT2D eigenvalue weighted by Crippen LogP contribution is 2.25. The summed E-state index contributed by atoms with van der Waals surface area (Å²) in [6, 6.07) is 21.7. The number of para-hydroxylation sites is 2. The van der Waals surface area contributed by atoms with E-state index in [1.807, 2.05) is 37.3 Å². The van der Waals surface area contributed by atoms with Crippen molar-refractivity contribution >= 4 is 23.2 Å². The molecule has 1 heterocycles. The molecular formula is C27H26N4O5. The van der Waals surface area contributed by atoms with Gasteiger partial charge >= 0.3 is 0 Å². The van der Waals surface area contributed by atoms with Crippen LogP contribution in [0.5, 0.6) is 11.5 Å². The molecule has 184 valence electrons. The molecule has 0 fully saturated rings. The molecule has 0 bridgehead atoms. The van der Waals surface area contributed by atoms with E-state index in [-0.39, 0.29) is 24.8 Å². The van der Waals surface area contributed by atoms with Gasteiger partial charge in [-0.3, -0.25) is 9.59 Å². The molecule has 2 N–H and O–H groups in total. The summed E-state index contributed by atoms with van der Waals surface area (Å²) < 4.78 is 16.4. The van der Waals surface area contributed by atoms with Gasteiger partial charge in [0.15, 0.2) is 18.1 Å². The van der Waals surface area contributed by atoms with Crippen LogP contribution >= 0.6 is 0 Å². The smallest absolute Gasteiger partial charge is 0.262 e. The van der Waals surface area contributed by atoms with E-state index in [0.29, 0.717) is 41.1 Å². The highest BCUT2D eigenvalue weighted by Gasteiger charge is 2.12. The number of rotatable bonds is 10. The Morgan fingerprint density at radius 3 is 2.28 bits per heavy atom. The summed E-state index contributed by atoms with van der Waals surface area (Å²) in [5.74, 6) is 1.27. The van der Waals surface area contributed by atoms with Crippen LogP contribution in [0.15, 0.2) is 77.2 Å². The predicted octanol–water partition coefficient (Wildman–Crippen LogP) is 4.64. The van der Waals surface area contributed by atoms with Crippen molar-refractivity contribution in [2.45, 2.75) is 19.8 Å². The minimum Gasteiger partial charge on any atom is -0.493 e. The molecule has 0 atom stereocenters. The average molecular weight is 487 g/mol. The third-order valence-corrected chi connectivity index (χ3v) is 5.19. The van der Waals surface area contributed by atoms with Gasteiger partial charge in [0, 0.05) is 29.8 Å². The van der Waals surface area contributed by atoms with Gasteiger partial charge in [-0.1, -0.05) is 35.9 Å². The van der Waals surface area contributed by atoms with Crippen molar-refractivity contribution in [2.75, 3.05) is 24.4 Å². The van der Waals surface area contributed by atoms with Crippen LogP contribution in [0.4, 0.5) is 11.4 Å². The lowest BCUT2D eigenvalue weighted by Gasteiger charge is -2.11. The number of carbonyl (C=O) groups excluding carboxylic acids is 2. The molecule has 9 nitrogen and oxygen atoms in total. The van der Waals surface area contributed by atoms with E-state index < -0.39 is 0 Å². The second-order valence-corrected chi connectivity index (χ2v) is 7.98. The number of amides is 2. The van der Waals surface area contributed by atoms with Crippen LogP contribution < -0.4 is 20.1 Å². The number of ether oxygens (including phenoxy) is 2. The van der Waals surface area contributed by atoms with Crippen LogP contribution in [0.1, 0.15) is 17.9 Å². The summed E-state index contributed by atoms with van der Waals surface area (Å²) in [6.45, 7) is 1.81. The molecule has 9 heteroatoms. The van der Waals surface area contributed by atoms with Crippen LogP contribution in [0.25, 0.3) is 11.5 Å². The molecule has 0 saturated carbocycles. The quantitative estimate of drug-likeness (QED) is 0.335. The predicted molar refractivity (Wildman–Crippen MR) is 135 cm³/mol. The van der Waals surface area contributed by atoms with E-state index in [9.17, 15) is 9.59 Å². The van der Waals surface area contributed by atoms with Gasteiger partial charge in [-0.05, 0) is 49.4 Å². The largest absolute Gasteiger partial charge is 0.493 e. The molecule has 1 aromatic heterocycles. The van der Waals surface area contributed by atoms with Gasteiger partial charge in [0.1, 0.15) is 0 Å². The van der Waals surface area contributed by atoms with Crippen LogP contribution in [0, 0.1) is 6.92 Å². The molecule has 0 aliphatic carbocycles. The maximum absolute atomic E-state index is 12.4. The number of methoxy groups -OCH3 is 1. The summed E-state index contributed by atoms with van der Waals surface area (Å²) in [5.41, 5.74) is 3.05. The van der Waals surface area contributed by atoms with E-state index in [1.165, 1.54) is 7.11 Å². The van der Waals surface area contributed by atoms with Gasteiger partial charge in [-0.15, -0.1) is 10.2 Å². The Kier molecular flexibility index (Phi) is 7.92. The first-order valence-electron chi connectivity index (χ1n) is 11.3. The summed E-state index contributed by atoms with van der Waals surface area (Å²) in [7, 11) is 1.53. The normalized spacial score (nSPS) is 10.5. The van der Waals surface area contributed by atoms with Crippen molar-refractivity contribution in [2.24, 2.45) is 0 Å². The Morgan fingerprint density at radius 2 is 1.56 bits per heavy atom. The zero-order valence-corrected chi connectivity index (χ0v) is 20.0. The number of nitrogens with one attached hydrogen (secondary N) is 2. The second-order valence-electron chi connectivity index (χ2n) is 7.98. The van der Waals surface area contributed by atoms with E-state index in [1.54, 1.807) is 42.5 Å². The summed E-state index contributed by atoms with van der Waals surface area (Å²) in [4.78, 5) is 24.7. The molecule has 4 rings (SSSR count). The fourth-order valence-electron chi connectivity index (χ4n) is 3.36. The highest BCUT2D eigenvalue weighted by atomic mass is 16.5. The lowest BCUT2D eigenvalue weighted by atomic mass is 10.1. The summed E-state index contributed by atoms with van der Waals surface area (Å²) >= 11 is 0. The number of anilines is 2. The monoisotopic (exact) mass is 486 g/mol. The zero-order chi connectivity index (χ0) is 25.3. The van der Waals surface area contributed by atoms with Crippen molar-refractivity contribution in [3.05, 3.63) is 84.3 Å². The minimum absolute atomic E-state index is 0.166. The third kappa shape index (κ3) is 6.69. The van der Waals surface area contributed by atoms with E-state index in [4.69, 9.17) is 13.9 Å². The van der Waals surface area contributed by atoms with Crippen molar-refractivity contribution in [3.8, 4) is 23.0 Å². The summed E-state index contributed by atoms with van der Waals surface area (Å²) in [5, 5.41) is 13.7. The van der Waals surface area contributed by atoms with Crippen molar-refractivity contribution in [1.82, 2.24) is 10.2 Å². The lowest BCUT2D eigenvalue weighted by molar-refractivity contribution is -0.118. The number of hydrogen-bond acceptors (Lipinski definition) is 7. The Bertz CT molecular complexity index is 1330. The Morgan fingerprint density at radius 1 is 0.861 bits per heavy atom. The molecule has 2 amide bonds. The SMILES string of the molecule is COc1ccccc1OCC(=O)Nc1cccc(NC(=O)CCc2nnc(-c3ccc(C)cc3)o2)c1. The molecule has 0 spiro atoms. The number of hydrogen-bond donors (Lipinski definition) is 2. The Hall–Kier alpha value is -4.66. The van der Waals surface area contributed by atoms with E-state index in [0.717, 1.165) is 11.1 Å². The van der Waals surface area contributed by atoms with Crippen molar-refractivity contribution < 1.29 is 23.5 Å². The van der Waals surface area contributed by atoms with Crippen LogP contribution in [0.3, 0.4) is 0 Å². The average Bonchev–Trinajstić information content (AvgIpc) is 3.36. The zero-order valence-electron chi connectivity index (χ0n) is 20.0. The van der Waals surface area contributed by atoms with Gasteiger partial charge in [0.05, 0.1) is 7.11 Å². The molecule has 0 aliphatic heterocycles. The van der Waals surface area contributed by atoms with Gasteiger partial charge in [-0.2, -0.15) is 0 Å². The number of aromatic nitrogens is 2. The molecule has 0 aliphatic rings. The van der Waals surface area contributed by atoms with Crippen molar-refractivity contribution in [3.63, 3.8) is 0 Å². The summed E-state index contributed by atoms with van der Waals surface area (Å²) in [6.07, 6.45) is 0.472. The Labute approximate surface area is 208 Å². The lowest BCUT2D eigenvalue weighted by Crippen LogP contribution is -2.20. The van der Waals surface area contributed by atoms with Crippen LogP contribution in [-0.2, 0) is 16.0 Å². The van der Waals surface area contributed by atoms with Crippen LogP contribution in [-0.4, -0.2) is 35.7 Å². The number of aryl methyl sites for hydroxylation is 2. The van der Waals surface area contributed by atoms with Gasteiger partial charge < -0.3 is 24.5 Å². The first-order chi connectivity index (χ1) is 17.5. The standard InChI is InChI=1S/C27H26N4O5/c1-18-10-12-19(13-11-18)27-31-30-26(36-27)15-14-24(32)28-20-6-5-7-21(16-20)29-25(33)17-35-23-9-4-3-8-22(23)34-2/h3-13,16H,14-15,17H2,1-2H3,(H,28,32)(H,29,33). The number of carbonyl (C=O) groups is 2. The van der Waals surface area contributed by atoms with Crippen LogP contribution in [0.2, 0.25) is 0 Å². The number of benzene rings is 3. The maximum atomic E-state index is 12.4. The third-order valence-electron chi connectivity index (χ3n) is 5.19. The second kappa shape index (κ2) is 11.7. The first kappa shape index (κ1) is 24.5. The number of nitrogens with zero attached hydrogens (tertiary/aromatic N) is 2. The van der Waals surface area contributed by atoms with Crippen molar-refractivity contribution in [1.29, 1.82) is 0 Å².